The van der Waals surface area contributed by atoms with Crippen LogP contribution >= 0.6 is 0 Å². The molecule has 0 bridgehead atoms. The number of hydrogen-bond donors (Lipinski definition) is 1. The van der Waals surface area contributed by atoms with Crippen molar-refractivity contribution in [2.45, 2.75) is 32.7 Å². The van der Waals surface area contributed by atoms with Crippen molar-refractivity contribution in [3.63, 3.8) is 0 Å². The smallest absolute Gasteiger partial charge is 0.186 e. The van der Waals surface area contributed by atoms with E-state index in [9.17, 15) is 10.4 Å². The molecule has 0 aliphatic carbocycles. The topological polar surface area (TPSA) is 62.5 Å². The first-order chi connectivity index (χ1) is 8.37. The summed E-state index contributed by atoms with van der Waals surface area (Å²) >= 11 is 0. The van der Waals surface area contributed by atoms with Crippen LogP contribution in [0.15, 0.2) is 18.2 Å². The van der Waals surface area contributed by atoms with Gasteiger partial charge in [0, 0.05) is 0 Å². The van der Waals surface area contributed by atoms with E-state index >= 15 is 0 Å². The third kappa shape index (κ3) is 4.06. The molecule has 1 unspecified atom stereocenters. The van der Waals surface area contributed by atoms with Crippen molar-refractivity contribution in [2.75, 3.05) is 6.61 Å². The number of phenols is 1. The SMILES string of the molecule is CCOc1cc(C(C#N)O[Si](C)(C)C)ccc1O. The Morgan fingerprint density at radius 3 is 2.56 bits per heavy atom. The zero-order chi connectivity index (χ0) is 13.8. The van der Waals surface area contributed by atoms with Gasteiger partial charge in [-0.2, -0.15) is 5.26 Å². The third-order valence-electron chi connectivity index (χ3n) is 2.18. The lowest BCUT2D eigenvalue weighted by Gasteiger charge is -2.22. The van der Waals surface area contributed by atoms with Gasteiger partial charge in [-0.15, -0.1) is 0 Å². The molecule has 5 heteroatoms. The van der Waals surface area contributed by atoms with Crippen LogP contribution in [0.4, 0.5) is 0 Å². The molecule has 0 radical (unpaired) electrons. The second-order valence-corrected chi connectivity index (χ2v) is 9.36. The summed E-state index contributed by atoms with van der Waals surface area (Å²) < 4.78 is 11.1. The molecule has 1 atom stereocenters. The van der Waals surface area contributed by atoms with E-state index in [4.69, 9.17) is 9.16 Å². The Morgan fingerprint density at radius 1 is 1.39 bits per heavy atom. The summed E-state index contributed by atoms with van der Waals surface area (Å²) in [6.45, 7) is 8.39. The molecule has 0 heterocycles. The third-order valence-corrected chi connectivity index (χ3v) is 3.12. The first-order valence-corrected chi connectivity index (χ1v) is 9.31. The average molecular weight is 265 g/mol. The van der Waals surface area contributed by atoms with Crippen molar-refractivity contribution in [1.82, 2.24) is 0 Å². The predicted molar refractivity (Wildman–Crippen MR) is 72.1 cm³/mol. The molecule has 0 aliphatic heterocycles. The summed E-state index contributed by atoms with van der Waals surface area (Å²) in [5.41, 5.74) is 0.709. The Bertz CT molecular complexity index is 449. The normalized spacial score (nSPS) is 12.8. The van der Waals surface area contributed by atoms with Crippen molar-refractivity contribution < 1.29 is 14.3 Å². The molecular formula is C13H19NO3Si. The van der Waals surface area contributed by atoms with E-state index in [-0.39, 0.29) is 5.75 Å². The fraction of sp³-hybridized carbons (Fsp3) is 0.462. The molecule has 0 fully saturated rings. The molecule has 4 nitrogen and oxygen atoms in total. The molecule has 0 aliphatic rings. The number of benzene rings is 1. The zero-order valence-electron chi connectivity index (χ0n) is 11.2. The highest BCUT2D eigenvalue weighted by atomic mass is 28.4. The van der Waals surface area contributed by atoms with Crippen LogP contribution in [0, 0.1) is 11.3 Å². The van der Waals surface area contributed by atoms with Gasteiger partial charge in [-0.25, -0.2) is 0 Å². The van der Waals surface area contributed by atoms with Gasteiger partial charge in [0.15, 0.2) is 25.9 Å². The summed E-state index contributed by atoms with van der Waals surface area (Å²) in [5.74, 6) is 0.458. The summed E-state index contributed by atoms with van der Waals surface area (Å²) in [6.07, 6.45) is -0.614. The standard InChI is InChI=1S/C13H19NO3Si/c1-5-16-12-8-10(6-7-11(12)15)13(9-14)17-18(2,3)4/h6-8,13,15H,5H2,1-4H3. The molecule has 0 aromatic heterocycles. The summed E-state index contributed by atoms with van der Waals surface area (Å²) in [7, 11) is -1.80. The lowest BCUT2D eigenvalue weighted by Crippen LogP contribution is -2.27. The summed E-state index contributed by atoms with van der Waals surface area (Å²) in [6, 6.07) is 7.01. The van der Waals surface area contributed by atoms with Crippen LogP contribution < -0.4 is 4.74 Å². The Hall–Kier alpha value is -1.51. The number of phenolic OH excluding ortho intramolecular Hbond substituents is 1. The highest BCUT2D eigenvalue weighted by Crippen LogP contribution is 2.31. The van der Waals surface area contributed by atoms with E-state index in [1.807, 2.05) is 26.6 Å². The molecule has 0 amide bonds. The maximum Gasteiger partial charge on any atom is 0.186 e. The van der Waals surface area contributed by atoms with Gasteiger partial charge in [-0.05, 0) is 44.3 Å². The number of aromatic hydroxyl groups is 1. The Balaban J connectivity index is 3.00. The highest BCUT2D eigenvalue weighted by Gasteiger charge is 2.23. The molecule has 98 valence electrons. The fourth-order valence-corrected chi connectivity index (χ4v) is 2.38. The second kappa shape index (κ2) is 5.89. The lowest BCUT2D eigenvalue weighted by molar-refractivity contribution is 0.253. The van der Waals surface area contributed by atoms with Gasteiger partial charge in [0.25, 0.3) is 0 Å². The maximum absolute atomic E-state index is 9.61. The monoisotopic (exact) mass is 265 g/mol. The van der Waals surface area contributed by atoms with Crippen molar-refractivity contribution in [3.8, 4) is 17.6 Å². The minimum absolute atomic E-state index is 0.0743. The molecule has 1 aromatic rings. The van der Waals surface area contributed by atoms with Gasteiger partial charge in [0.2, 0.25) is 0 Å². The van der Waals surface area contributed by atoms with E-state index < -0.39 is 14.4 Å². The molecule has 1 aromatic carbocycles. The van der Waals surface area contributed by atoms with Gasteiger partial charge >= 0.3 is 0 Å². The van der Waals surface area contributed by atoms with Gasteiger partial charge in [-0.1, -0.05) is 6.07 Å². The highest BCUT2D eigenvalue weighted by molar-refractivity contribution is 6.69. The van der Waals surface area contributed by atoms with Crippen molar-refractivity contribution in [1.29, 1.82) is 5.26 Å². The van der Waals surface area contributed by atoms with Gasteiger partial charge < -0.3 is 14.3 Å². The van der Waals surface area contributed by atoms with Crippen LogP contribution in [0.3, 0.4) is 0 Å². The van der Waals surface area contributed by atoms with Crippen molar-refractivity contribution in [3.05, 3.63) is 23.8 Å². The van der Waals surface area contributed by atoms with Crippen molar-refractivity contribution >= 4 is 8.32 Å². The first kappa shape index (κ1) is 14.5. The first-order valence-electron chi connectivity index (χ1n) is 5.90. The quantitative estimate of drug-likeness (QED) is 0.830. The van der Waals surface area contributed by atoms with Crippen LogP contribution in [0.2, 0.25) is 19.6 Å². The van der Waals surface area contributed by atoms with Crippen LogP contribution in [0.5, 0.6) is 11.5 Å². The minimum atomic E-state index is -1.80. The van der Waals surface area contributed by atoms with Crippen LogP contribution in [-0.4, -0.2) is 20.0 Å². The average Bonchev–Trinajstić information content (AvgIpc) is 2.28. The number of nitrogens with zero attached hydrogens (tertiary/aromatic N) is 1. The molecular weight excluding hydrogens is 246 g/mol. The molecule has 1 N–H and O–H groups in total. The van der Waals surface area contributed by atoms with Crippen LogP contribution in [0.1, 0.15) is 18.6 Å². The molecule has 0 spiro atoms. The number of rotatable bonds is 5. The van der Waals surface area contributed by atoms with Gasteiger partial charge in [0.1, 0.15) is 0 Å². The molecule has 0 saturated carbocycles. The van der Waals surface area contributed by atoms with E-state index in [1.54, 1.807) is 12.1 Å². The Kier molecular flexibility index (Phi) is 4.76. The van der Waals surface area contributed by atoms with Gasteiger partial charge in [0.05, 0.1) is 12.7 Å². The number of hydrogen-bond acceptors (Lipinski definition) is 4. The largest absolute Gasteiger partial charge is 0.504 e. The summed E-state index contributed by atoms with van der Waals surface area (Å²) in [4.78, 5) is 0. The van der Waals surface area contributed by atoms with Crippen LogP contribution in [-0.2, 0) is 4.43 Å². The Labute approximate surface area is 109 Å². The molecule has 18 heavy (non-hydrogen) atoms. The number of nitriles is 1. The maximum atomic E-state index is 9.61. The zero-order valence-corrected chi connectivity index (χ0v) is 12.2. The Morgan fingerprint density at radius 2 is 2.06 bits per heavy atom. The van der Waals surface area contributed by atoms with Gasteiger partial charge in [-0.3, -0.25) is 0 Å². The minimum Gasteiger partial charge on any atom is -0.504 e. The van der Waals surface area contributed by atoms with Crippen LogP contribution in [0.25, 0.3) is 0 Å². The second-order valence-electron chi connectivity index (χ2n) is 4.90. The van der Waals surface area contributed by atoms with E-state index in [0.29, 0.717) is 17.9 Å². The van der Waals surface area contributed by atoms with E-state index in [0.717, 1.165) is 0 Å². The molecule has 0 saturated heterocycles. The molecule has 1 rings (SSSR count). The van der Waals surface area contributed by atoms with E-state index in [1.165, 1.54) is 6.07 Å². The van der Waals surface area contributed by atoms with E-state index in [2.05, 4.69) is 6.07 Å². The lowest BCUT2D eigenvalue weighted by atomic mass is 10.1. The summed E-state index contributed by atoms with van der Waals surface area (Å²) in [5, 5.41) is 18.8. The predicted octanol–water partition coefficient (Wildman–Crippen LogP) is 3.21. The number of ether oxygens (including phenoxy) is 1. The fourth-order valence-electron chi connectivity index (χ4n) is 1.49. The van der Waals surface area contributed by atoms with Crippen molar-refractivity contribution in [2.24, 2.45) is 0 Å².